The number of ether oxygens (including phenoxy) is 3. The fourth-order valence-corrected chi connectivity index (χ4v) is 3.75. The van der Waals surface area contributed by atoms with Crippen LogP contribution in [0.1, 0.15) is 19.4 Å². The molecule has 0 bridgehead atoms. The van der Waals surface area contributed by atoms with Gasteiger partial charge in [-0.15, -0.1) is 0 Å². The molecular formula is C18H18BrNO8S. The number of nitrogens with zero attached hydrogens (tertiary/aromatic N) is 1. The summed E-state index contributed by atoms with van der Waals surface area (Å²) in [6.07, 6.45) is 1.47. The first-order valence-corrected chi connectivity index (χ1v) is 9.96. The minimum atomic E-state index is -1.14. The molecule has 1 N–H and O–H groups in total. The maximum absolute atomic E-state index is 12.6. The molecule has 0 saturated carbocycles. The van der Waals surface area contributed by atoms with E-state index in [0.717, 1.165) is 4.90 Å². The number of thioether (sulfide) groups is 1. The van der Waals surface area contributed by atoms with Gasteiger partial charge < -0.3 is 19.3 Å². The van der Waals surface area contributed by atoms with E-state index in [2.05, 4.69) is 20.7 Å². The Hall–Kier alpha value is -2.53. The van der Waals surface area contributed by atoms with Crippen molar-refractivity contribution in [3.63, 3.8) is 0 Å². The van der Waals surface area contributed by atoms with Crippen molar-refractivity contribution in [3.05, 3.63) is 27.1 Å². The van der Waals surface area contributed by atoms with Gasteiger partial charge in [-0.3, -0.25) is 14.5 Å². The minimum absolute atomic E-state index is 0.119. The lowest BCUT2D eigenvalue weighted by molar-refractivity contribution is -0.148. The van der Waals surface area contributed by atoms with Crippen molar-refractivity contribution in [2.45, 2.75) is 19.9 Å². The number of carbonyl (C=O) groups is 4. The average Bonchev–Trinajstić information content (AvgIpc) is 2.95. The van der Waals surface area contributed by atoms with E-state index in [-0.39, 0.29) is 16.4 Å². The number of rotatable bonds is 8. The second kappa shape index (κ2) is 9.79. The van der Waals surface area contributed by atoms with Crippen LogP contribution in [0.3, 0.4) is 0 Å². The van der Waals surface area contributed by atoms with Crippen molar-refractivity contribution in [1.29, 1.82) is 0 Å². The zero-order valence-electron chi connectivity index (χ0n) is 15.8. The number of hydrogen-bond donors (Lipinski definition) is 1. The molecule has 1 atom stereocenters. The van der Waals surface area contributed by atoms with Crippen LogP contribution in [0.15, 0.2) is 21.5 Å². The van der Waals surface area contributed by atoms with Gasteiger partial charge in [0.2, 0.25) is 0 Å². The number of esters is 1. The number of amides is 2. The van der Waals surface area contributed by atoms with Crippen molar-refractivity contribution in [2.24, 2.45) is 0 Å². The molecule has 1 aromatic rings. The van der Waals surface area contributed by atoms with Crippen molar-refractivity contribution in [3.8, 4) is 11.5 Å². The van der Waals surface area contributed by atoms with E-state index < -0.39 is 35.7 Å². The number of carboxylic acid groups (broad SMARTS) is 1. The Morgan fingerprint density at radius 1 is 1.28 bits per heavy atom. The summed E-state index contributed by atoms with van der Waals surface area (Å²) < 4.78 is 15.8. The van der Waals surface area contributed by atoms with Gasteiger partial charge in [0.25, 0.3) is 11.1 Å². The van der Waals surface area contributed by atoms with E-state index in [4.69, 9.17) is 14.6 Å². The lowest BCUT2D eigenvalue weighted by Crippen LogP contribution is -2.42. The highest BCUT2D eigenvalue weighted by molar-refractivity contribution is 9.10. The number of halogens is 1. The Kier molecular flexibility index (Phi) is 7.68. The molecule has 0 aliphatic carbocycles. The highest BCUT2D eigenvalue weighted by atomic mass is 79.9. The Morgan fingerprint density at radius 3 is 2.52 bits per heavy atom. The van der Waals surface area contributed by atoms with Gasteiger partial charge in [-0.1, -0.05) is 15.9 Å². The van der Waals surface area contributed by atoms with Crippen molar-refractivity contribution in [2.75, 3.05) is 20.3 Å². The van der Waals surface area contributed by atoms with Crippen LogP contribution in [0.5, 0.6) is 11.5 Å². The summed E-state index contributed by atoms with van der Waals surface area (Å²) in [5.74, 6) is -1.96. The molecule has 1 aliphatic heterocycles. The molecule has 29 heavy (non-hydrogen) atoms. The first-order chi connectivity index (χ1) is 13.7. The van der Waals surface area contributed by atoms with Gasteiger partial charge in [-0.2, -0.15) is 0 Å². The molecular weight excluding hydrogens is 470 g/mol. The van der Waals surface area contributed by atoms with Crippen LogP contribution in [-0.4, -0.2) is 59.5 Å². The van der Waals surface area contributed by atoms with Gasteiger partial charge in [0, 0.05) is 4.47 Å². The maximum atomic E-state index is 12.6. The molecule has 156 valence electrons. The number of aliphatic carboxylic acids is 1. The lowest BCUT2D eigenvalue weighted by atomic mass is 10.1. The summed E-state index contributed by atoms with van der Waals surface area (Å²) in [5.41, 5.74) is 0.507. The zero-order valence-corrected chi connectivity index (χ0v) is 18.2. The molecule has 1 fully saturated rings. The highest BCUT2D eigenvalue weighted by Crippen LogP contribution is 2.38. The first kappa shape index (κ1) is 22.8. The Balaban J connectivity index is 2.37. The largest absolute Gasteiger partial charge is 0.490 e. The summed E-state index contributed by atoms with van der Waals surface area (Å²) in [7, 11) is 1.17. The van der Waals surface area contributed by atoms with Crippen molar-refractivity contribution >= 4 is 56.9 Å². The fraction of sp³-hybridized carbons (Fsp3) is 0.333. The van der Waals surface area contributed by atoms with Gasteiger partial charge in [0.05, 0.1) is 18.6 Å². The SMILES string of the molecule is CCOc1cc(/C=C2/SC(=O)N([C@H](C)C(=O)OC)C2=O)c(Br)cc1OCC(=O)O. The number of methoxy groups -OCH3 is 1. The van der Waals surface area contributed by atoms with Crippen LogP contribution in [0, 0.1) is 0 Å². The number of hydrogen-bond acceptors (Lipinski definition) is 8. The normalized spacial score (nSPS) is 16.1. The number of carbonyl (C=O) groups excluding carboxylic acids is 3. The molecule has 0 radical (unpaired) electrons. The van der Waals surface area contributed by atoms with Crippen LogP contribution in [0.25, 0.3) is 6.08 Å². The minimum Gasteiger partial charge on any atom is -0.490 e. The lowest BCUT2D eigenvalue weighted by Gasteiger charge is -2.18. The smallest absolute Gasteiger partial charge is 0.341 e. The molecule has 1 aromatic carbocycles. The molecule has 1 saturated heterocycles. The van der Waals surface area contributed by atoms with Crippen LogP contribution in [-0.2, 0) is 19.1 Å². The van der Waals surface area contributed by atoms with Crippen molar-refractivity contribution in [1.82, 2.24) is 4.90 Å². The number of imide groups is 1. The van der Waals surface area contributed by atoms with Gasteiger partial charge in [0.1, 0.15) is 6.04 Å². The summed E-state index contributed by atoms with van der Waals surface area (Å²) in [6.45, 7) is 2.92. The van der Waals surface area contributed by atoms with Gasteiger partial charge >= 0.3 is 11.9 Å². The number of benzene rings is 1. The second-order valence-electron chi connectivity index (χ2n) is 5.69. The summed E-state index contributed by atoms with van der Waals surface area (Å²) in [6, 6.07) is 2.02. The third-order valence-electron chi connectivity index (χ3n) is 3.75. The molecule has 1 aliphatic rings. The molecule has 2 rings (SSSR count). The summed E-state index contributed by atoms with van der Waals surface area (Å²) in [4.78, 5) is 48.2. The molecule has 1 heterocycles. The maximum Gasteiger partial charge on any atom is 0.341 e. The van der Waals surface area contributed by atoms with Crippen LogP contribution in [0.2, 0.25) is 0 Å². The van der Waals surface area contributed by atoms with Crippen LogP contribution < -0.4 is 9.47 Å². The summed E-state index contributed by atoms with van der Waals surface area (Å²) >= 11 is 4.04. The highest BCUT2D eigenvalue weighted by Gasteiger charge is 2.41. The van der Waals surface area contributed by atoms with E-state index >= 15 is 0 Å². The average molecular weight is 488 g/mol. The quantitative estimate of drug-likeness (QED) is 0.435. The summed E-state index contributed by atoms with van der Waals surface area (Å²) in [5, 5.41) is 8.21. The Bertz CT molecular complexity index is 885. The van der Waals surface area contributed by atoms with E-state index in [1.54, 1.807) is 13.0 Å². The number of carboxylic acids is 1. The second-order valence-corrected chi connectivity index (χ2v) is 7.53. The van der Waals surface area contributed by atoms with Crippen molar-refractivity contribution < 1.29 is 38.5 Å². The Labute approximate surface area is 179 Å². The molecule has 9 nitrogen and oxygen atoms in total. The topological polar surface area (TPSA) is 119 Å². The van der Waals surface area contributed by atoms with Crippen LogP contribution >= 0.6 is 27.7 Å². The molecule has 2 amide bonds. The molecule has 0 aromatic heterocycles. The van der Waals surface area contributed by atoms with Gasteiger partial charge in [-0.25, -0.2) is 9.59 Å². The molecule has 11 heteroatoms. The van der Waals surface area contributed by atoms with E-state index in [1.165, 1.54) is 26.2 Å². The molecule has 0 spiro atoms. The van der Waals surface area contributed by atoms with Gasteiger partial charge in [0.15, 0.2) is 18.1 Å². The monoisotopic (exact) mass is 487 g/mol. The van der Waals surface area contributed by atoms with E-state index in [0.29, 0.717) is 28.4 Å². The Morgan fingerprint density at radius 2 is 1.93 bits per heavy atom. The zero-order chi connectivity index (χ0) is 21.7. The predicted molar refractivity (Wildman–Crippen MR) is 108 cm³/mol. The third kappa shape index (κ3) is 5.30. The van der Waals surface area contributed by atoms with Crippen LogP contribution in [0.4, 0.5) is 4.79 Å². The van der Waals surface area contributed by atoms with E-state index in [1.807, 2.05) is 0 Å². The third-order valence-corrected chi connectivity index (χ3v) is 5.32. The van der Waals surface area contributed by atoms with E-state index in [9.17, 15) is 19.2 Å². The molecule has 0 unspecified atom stereocenters. The van der Waals surface area contributed by atoms with Gasteiger partial charge in [-0.05, 0) is 49.4 Å². The predicted octanol–water partition coefficient (Wildman–Crippen LogP) is 2.91. The first-order valence-electron chi connectivity index (χ1n) is 8.35. The fourth-order valence-electron chi connectivity index (χ4n) is 2.41. The standard InChI is InChI=1S/C18H18BrNO8S/c1-4-27-12-5-10(11(19)7-13(12)28-8-15(21)22)6-14-16(23)20(18(25)29-14)9(2)17(24)26-3/h5-7,9H,4,8H2,1-3H3,(H,21,22)/b14-6+/t9-/m1/s1.